The molecule has 3 heteroatoms. The summed E-state index contributed by atoms with van der Waals surface area (Å²) in [6.45, 7) is 4.28. The molecule has 1 aliphatic carbocycles. The Balaban J connectivity index is 1.67. The third-order valence-corrected chi connectivity index (χ3v) is 3.55. The quantitative estimate of drug-likeness (QED) is 0.885. The zero-order chi connectivity index (χ0) is 13.2. The van der Waals surface area contributed by atoms with E-state index in [4.69, 9.17) is 0 Å². The summed E-state index contributed by atoms with van der Waals surface area (Å²) in [6.07, 6.45) is 5.77. The van der Waals surface area contributed by atoms with E-state index in [9.17, 15) is 0 Å². The largest absolute Gasteiger partial charge is 0.353 e. The van der Waals surface area contributed by atoms with E-state index in [1.165, 1.54) is 18.4 Å². The molecule has 1 fully saturated rings. The Kier molecular flexibility index (Phi) is 3.28. The molecule has 3 rings (SSSR count). The SMILES string of the molecule is Cc1cn(C2CC2)c(NC(C)Cc2ccccc2)n1. The minimum absolute atomic E-state index is 0.390. The van der Waals surface area contributed by atoms with Crippen molar-refractivity contribution in [2.24, 2.45) is 0 Å². The highest BCUT2D eigenvalue weighted by molar-refractivity contribution is 5.32. The number of hydrogen-bond acceptors (Lipinski definition) is 2. The number of nitrogens with zero attached hydrogens (tertiary/aromatic N) is 2. The Hall–Kier alpha value is -1.77. The van der Waals surface area contributed by atoms with Crippen molar-refractivity contribution >= 4 is 5.95 Å². The molecule has 0 spiro atoms. The number of rotatable bonds is 5. The summed E-state index contributed by atoms with van der Waals surface area (Å²) in [5, 5.41) is 3.55. The summed E-state index contributed by atoms with van der Waals surface area (Å²) in [4.78, 5) is 4.61. The molecule has 1 unspecified atom stereocenters. The number of anilines is 1. The van der Waals surface area contributed by atoms with E-state index in [0.717, 1.165) is 18.1 Å². The van der Waals surface area contributed by atoms with Gasteiger partial charge in [-0.05, 0) is 38.7 Å². The number of imidazole rings is 1. The number of nitrogens with one attached hydrogen (secondary N) is 1. The van der Waals surface area contributed by atoms with Gasteiger partial charge >= 0.3 is 0 Å². The van der Waals surface area contributed by atoms with E-state index >= 15 is 0 Å². The first-order valence-corrected chi connectivity index (χ1v) is 7.08. The van der Waals surface area contributed by atoms with Crippen molar-refractivity contribution in [1.29, 1.82) is 0 Å². The van der Waals surface area contributed by atoms with E-state index < -0.39 is 0 Å². The van der Waals surface area contributed by atoms with Crippen molar-refractivity contribution in [3.63, 3.8) is 0 Å². The Bertz CT molecular complexity index is 540. The molecule has 100 valence electrons. The molecule has 2 aromatic rings. The van der Waals surface area contributed by atoms with Gasteiger partial charge in [-0.25, -0.2) is 4.98 Å². The molecular formula is C16H21N3. The van der Waals surface area contributed by atoms with Crippen LogP contribution in [0.25, 0.3) is 0 Å². The molecule has 1 aliphatic rings. The monoisotopic (exact) mass is 255 g/mol. The molecule has 0 aliphatic heterocycles. The maximum atomic E-state index is 4.61. The molecule has 1 aromatic heterocycles. The molecule has 0 saturated heterocycles. The Morgan fingerprint density at radius 1 is 1.32 bits per heavy atom. The molecule has 19 heavy (non-hydrogen) atoms. The summed E-state index contributed by atoms with van der Waals surface area (Å²) in [5.41, 5.74) is 2.46. The summed E-state index contributed by atoms with van der Waals surface area (Å²) in [5.74, 6) is 1.03. The highest BCUT2D eigenvalue weighted by Crippen LogP contribution is 2.37. The van der Waals surface area contributed by atoms with Crippen LogP contribution in [0.15, 0.2) is 36.5 Å². The Labute approximate surface area is 114 Å². The average Bonchev–Trinajstić information content (AvgIpc) is 3.15. The van der Waals surface area contributed by atoms with Crippen LogP contribution in [0.2, 0.25) is 0 Å². The van der Waals surface area contributed by atoms with Crippen LogP contribution in [0.5, 0.6) is 0 Å². The molecule has 1 aromatic carbocycles. The predicted molar refractivity (Wildman–Crippen MR) is 78.5 cm³/mol. The van der Waals surface area contributed by atoms with Crippen LogP contribution in [-0.4, -0.2) is 15.6 Å². The van der Waals surface area contributed by atoms with Gasteiger partial charge in [0.2, 0.25) is 5.95 Å². The van der Waals surface area contributed by atoms with Crippen molar-refractivity contribution in [1.82, 2.24) is 9.55 Å². The maximum absolute atomic E-state index is 4.61. The third-order valence-electron chi connectivity index (χ3n) is 3.55. The molecule has 3 nitrogen and oxygen atoms in total. The van der Waals surface area contributed by atoms with E-state index in [1.54, 1.807) is 0 Å². The molecule has 1 N–H and O–H groups in total. The zero-order valence-electron chi connectivity index (χ0n) is 11.6. The Morgan fingerprint density at radius 2 is 2.05 bits per heavy atom. The summed E-state index contributed by atoms with van der Waals surface area (Å²) >= 11 is 0. The lowest BCUT2D eigenvalue weighted by molar-refractivity contribution is 0.711. The number of aromatic nitrogens is 2. The van der Waals surface area contributed by atoms with Crippen molar-refractivity contribution in [3.05, 3.63) is 47.8 Å². The second kappa shape index (κ2) is 5.08. The highest BCUT2D eigenvalue weighted by atomic mass is 15.2. The summed E-state index contributed by atoms with van der Waals surface area (Å²) < 4.78 is 2.30. The maximum Gasteiger partial charge on any atom is 0.203 e. The third kappa shape index (κ3) is 2.98. The first-order valence-electron chi connectivity index (χ1n) is 7.08. The Morgan fingerprint density at radius 3 is 2.74 bits per heavy atom. The lowest BCUT2D eigenvalue weighted by atomic mass is 10.1. The van der Waals surface area contributed by atoms with Crippen LogP contribution in [0.3, 0.4) is 0 Å². The first kappa shape index (κ1) is 12.3. The highest BCUT2D eigenvalue weighted by Gasteiger charge is 2.26. The second-order valence-corrected chi connectivity index (χ2v) is 5.58. The van der Waals surface area contributed by atoms with Gasteiger partial charge in [-0.2, -0.15) is 0 Å². The topological polar surface area (TPSA) is 29.9 Å². The van der Waals surface area contributed by atoms with Gasteiger partial charge in [0.1, 0.15) is 0 Å². The van der Waals surface area contributed by atoms with Crippen LogP contribution in [0, 0.1) is 6.92 Å². The smallest absolute Gasteiger partial charge is 0.203 e. The first-order chi connectivity index (χ1) is 9.22. The van der Waals surface area contributed by atoms with Crippen molar-refractivity contribution < 1.29 is 0 Å². The van der Waals surface area contributed by atoms with Gasteiger partial charge in [-0.1, -0.05) is 30.3 Å². The molecular weight excluding hydrogens is 234 g/mol. The minimum Gasteiger partial charge on any atom is -0.353 e. The van der Waals surface area contributed by atoms with Gasteiger partial charge in [-0.3, -0.25) is 0 Å². The lowest BCUT2D eigenvalue weighted by Crippen LogP contribution is -2.20. The average molecular weight is 255 g/mol. The lowest BCUT2D eigenvalue weighted by Gasteiger charge is -2.16. The molecule has 0 radical (unpaired) electrons. The van der Waals surface area contributed by atoms with Crippen LogP contribution < -0.4 is 5.32 Å². The molecule has 0 amide bonds. The minimum atomic E-state index is 0.390. The number of aryl methyl sites for hydroxylation is 1. The molecule has 1 heterocycles. The van der Waals surface area contributed by atoms with Gasteiger partial charge < -0.3 is 9.88 Å². The van der Waals surface area contributed by atoms with Gasteiger partial charge in [-0.15, -0.1) is 0 Å². The van der Waals surface area contributed by atoms with Crippen LogP contribution in [0.4, 0.5) is 5.95 Å². The normalized spacial score (nSPS) is 16.3. The number of hydrogen-bond donors (Lipinski definition) is 1. The van der Waals surface area contributed by atoms with Gasteiger partial charge in [0, 0.05) is 18.3 Å². The van der Waals surface area contributed by atoms with Crippen LogP contribution >= 0.6 is 0 Å². The number of benzene rings is 1. The standard InChI is InChI=1S/C16H21N3/c1-12(10-14-6-4-3-5-7-14)17-16-18-13(2)11-19(16)15-8-9-15/h3-7,11-12,15H,8-10H2,1-2H3,(H,17,18). The molecule has 1 atom stereocenters. The van der Waals surface area contributed by atoms with Crippen LogP contribution in [0.1, 0.15) is 37.1 Å². The fourth-order valence-corrected chi connectivity index (χ4v) is 2.49. The van der Waals surface area contributed by atoms with E-state index in [1.807, 2.05) is 0 Å². The van der Waals surface area contributed by atoms with E-state index in [0.29, 0.717) is 12.1 Å². The predicted octanol–water partition coefficient (Wildman–Crippen LogP) is 3.57. The summed E-state index contributed by atoms with van der Waals surface area (Å²) in [7, 11) is 0. The van der Waals surface area contributed by atoms with Crippen molar-refractivity contribution in [3.8, 4) is 0 Å². The fraction of sp³-hybridized carbons (Fsp3) is 0.438. The van der Waals surface area contributed by atoms with Crippen molar-refractivity contribution in [2.75, 3.05) is 5.32 Å². The molecule has 1 saturated carbocycles. The second-order valence-electron chi connectivity index (χ2n) is 5.58. The molecule has 0 bridgehead atoms. The van der Waals surface area contributed by atoms with Crippen molar-refractivity contribution in [2.45, 2.75) is 45.2 Å². The zero-order valence-corrected chi connectivity index (χ0v) is 11.6. The van der Waals surface area contributed by atoms with Gasteiger partial charge in [0.05, 0.1) is 5.69 Å². The fourth-order valence-electron chi connectivity index (χ4n) is 2.49. The van der Waals surface area contributed by atoms with Gasteiger partial charge in [0.25, 0.3) is 0 Å². The summed E-state index contributed by atoms with van der Waals surface area (Å²) in [6, 6.07) is 11.7. The van der Waals surface area contributed by atoms with E-state index in [2.05, 4.69) is 65.2 Å². The van der Waals surface area contributed by atoms with E-state index in [-0.39, 0.29) is 0 Å². The van der Waals surface area contributed by atoms with Gasteiger partial charge in [0.15, 0.2) is 0 Å². The van der Waals surface area contributed by atoms with Crippen LogP contribution in [-0.2, 0) is 6.42 Å².